The second kappa shape index (κ2) is 5.05. The van der Waals surface area contributed by atoms with Crippen molar-refractivity contribution in [2.24, 2.45) is 0 Å². The van der Waals surface area contributed by atoms with Gasteiger partial charge in [0, 0.05) is 24.4 Å². The summed E-state index contributed by atoms with van der Waals surface area (Å²) in [6.07, 6.45) is 3.88. The third-order valence-electron chi connectivity index (χ3n) is 2.43. The van der Waals surface area contributed by atoms with Crippen LogP contribution in [0.15, 0.2) is 30.6 Å². The summed E-state index contributed by atoms with van der Waals surface area (Å²) in [4.78, 5) is 0. The molecule has 0 atom stereocenters. The van der Waals surface area contributed by atoms with E-state index in [0.717, 1.165) is 11.6 Å². The summed E-state index contributed by atoms with van der Waals surface area (Å²) in [5.41, 5.74) is 1.26. The van der Waals surface area contributed by atoms with Crippen molar-refractivity contribution in [1.29, 1.82) is 0 Å². The average Bonchev–Trinajstić information content (AvgIpc) is 2.71. The quantitative estimate of drug-likeness (QED) is 0.881. The highest BCUT2D eigenvalue weighted by molar-refractivity contribution is 5.19. The van der Waals surface area contributed by atoms with E-state index in [1.807, 2.05) is 0 Å². The molecule has 1 N–H and O–H groups in total. The number of rotatable bonds is 4. The van der Waals surface area contributed by atoms with Gasteiger partial charge in [-0.2, -0.15) is 5.10 Å². The fourth-order valence-electron chi connectivity index (χ4n) is 1.58. The molecule has 0 aliphatic rings. The molecule has 1 aromatic heterocycles. The number of hydrogen-bond acceptors (Lipinski definition) is 2. The number of halogens is 2. The highest BCUT2D eigenvalue weighted by atomic mass is 19.1. The maximum absolute atomic E-state index is 13.4. The monoisotopic (exact) mass is 238 g/mol. The van der Waals surface area contributed by atoms with Gasteiger partial charge in [0.1, 0.15) is 11.6 Å². The van der Waals surface area contributed by atoms with Gasteiger partial charge in [-0.3, -0.25) is 4.68 Å². The zero-order valence-electron chi connectivity index (χ0n) is 9.11. The van der Waals surface area contributed by atoms with Crippen LogP contribution in [0.1, 0.15) is 11.1 Å². The first-order valence-electron chi connectivity index (χ1n) is 5.25. The van der Waals surface area contributed by atoms with Gasteiger partial charge in [-0.1, -0.05) is 6.07 Å². The normalized spacial score (nSPS) is 10.8. The standard InChI is InChI=1S/C12H12F2N2O/c13-11-2-1-10(12(14)5-11)8-16-7-9(3-4-17)6-15-16/h1-2,5-7,17H,3-4,8H2. The van der Waals surface area contributed by atoms with Crippen LogP contribution >= 0.6 is 0 Å². The van der Waals surface area contributed by atoms with E-state index in [1.54, 1.807) is 17.1 Å². The topological polar surface area (TPSA) is 38.1 Å². The number of aliphatic hydroxyl groups excluding tert-OH is 1. The predicted octanol–water partition coefficient (Wildman–Crippen LogP) is 1.74. The van der Waals surface area contributed by atoms with Gasteiger partial charge in [0.05, 0.1) is 12.7 Å². The van der Waals surface area contributed by atoms with Gasteiger partial charge in [-0.15, -0.1) is 0 Å². The highest BCUT2D eigenvalue weighted by Gasteiger charge is 2.05. The largest absolute Gasteiger partial charge is 0.396 e. The Kier molecular flexibility index (Phi) is 3.49. The molecule has 0 bridgehead atoms. The van der Waals surface area contributed by atoms with E-state index in [2.05, 4.69) is 5.10 Å². The Morgan fingerprint density at radius 1 is 1.29 bits per heavy atom. The van der Waals surface area contributed by atoms with E-state index < -0.39 is 11.6 Å². The molecule has 1 aromatic carbocycles. The molecule has 3 nitrogen and oxygen atoms in total. The minimum atomic E-state index is -0.590. The minimum absolute atomic E-state index is 0.0522. The fourth-order valence-corrected chi connectivity index (χ4v) is 1.58. The second-order valence-corrected chi connectivity index (χ2v) is 3.76. The van der Waals surface area contributed by atoms with Crippen LogP contribution in [0.5, 0.6) is 0 Å². The summed E-state index contributed by atoms with van der Waals surface area (Å²) >= 11 is 0. The summed E-state index contributed by atoms with van der Waals surface area (Å²) in [6.45, 7) is 0.300. The van der Waals surface area contributed by atoms with Gasteiger partial charge < -0.3 is 5.11 Å². The number of aliphatic hydroxyl groups is 1. The van der Waals surface area contributed by atoms with E-state index in [0.29, 0.717) is 12.0 Å². The molecular formula is C12H12F2N2O. The van der Waals surface area contributed by atoms with Crippen molar-refractivity contribution >= 4 is 0 Å². The molecule has 0 saturated carbocycles. The van der Waals surface area contributed by atoms with Crippen molar-refractivity contribution in [3.8, 4) is 0 Å². The van der Waals surface area contributed by atoms with Crippen LogP contribution in [-0.4, -0.2) is 21.5 Å². The van der Waals surface area contributed by atoms with Gasteiger partial charge in [0.2, 0.25) is 0 Å². The second-order valence-electron chi connectivity index (χ2n) is 3.76. The molecular weight excluding hydrogens is 226 g/mol. The lowest BCUT2D eigenvalue weighted by atomic mass is 10.2. The smallest absolute Gasteiger partial charge is 0.131 e. The van der Waals surface area contributed by atoms with E-state index in [4.69, 9.17) is 5.11 Å². The van der Waals surface area contributed by atoms with Crippen LogP contribution in [0, 0.1) is 11.6 Å². The number of hydrogen-bond donors (Lipinski definition) is 1. The molecule has 2 rings (SSSR count). The Morgan fingerprint density at radius 3 is 2.82 bits per heavy atom. The van der Waals surface area contributed by atoms with E-state index >= 15 is 0 Å². The van der Waals surface area contributed by atoms with Crippen LogP contribution in [0.4, 0.5) is 8.78 Å². The third-order valence-corrected chi connectivity index (χ3v) is 2.43. The maximum atomic E-state index is 13.4. The molecule has 1 heterocycles. The van der Waals surface area contributed by atoms with Crippen molar-refractivity contribution in [2.45, 2.75) is 13.0 Å². The summed E-state index contributed by atoms with van der Waals surface area (Å²) in [6, 6.07) is 3.47. The molecule has 5 heteroatoms. The van der Waals surface area contributed by atoms with Crippen LogP contribution in [0.25, 0.3) is 0 Å². The fraction of sp³-hybridized carbons (Fsp3) is 0.250. The Hall–Kier alpha value is -1.75. The predicted molar refractivity (Wildman–Crippen MR) is 58.5 cm³/mol. The molecule has 2 aromatic rings. The zero-order valence-corrected chi connectivity index (χ0v) is 9.11. The Bertz CT molecular complexity index is 511. The van der Waals surface area contributed by atoms with Gasteiger partial charge in [-0.05, 0) is 18.1 Å². The molecule has 0 radical (unpaired) electrons. The lowest BCUT2D eigenvalue weighted by Gasteiger charge is -2.03. The summed E-state index contributed by atoms with van der Waals surface area (Å²) in [5, 5.41) is 12.8. The summed E-state index contributed by atoms with van der Waals surface area (Å²) in [5.74, 6) is -1.17. The van der Waals surface area contributed by atoms with Crippen LogP contribution in [0.2, 0.25) is 0 Å². The Labute approximate surface area is 97.3 Å². The first-order valence-corrected chi connectivity index (χ1v) is 5.25. The molecule has 90 valence electrons. The molecule has 0 aliphatic heterocycles. The summed E-state index contributed by atoms with van der Waals surface area (Å²) in [7, 11) is 0. The van der Waals surface area contributed by atoms with Crippen molar-refractivity contribution in [2.75, 3.05) is 6.61 Å². The molecule has 0 fully saturated rings. The average molecular weight is 238 g/mol. The van der Waals surface area contributed by atoms with E-state index in [1.165, 1.54) is 12.1 Å². The Balaban J connectivity index is 2.13. The molecule has 0 amide bonds. The van der Waals surface area contributed by atoms with Gasteiger partial charge in [0.25, 0.3) is 0 Å². The van der Waals surface area contributed by atoms with Crippen LogP contribution < -0.4 is 0 Å². The van der Waals surface area contributed by atoms with E-state index in [-0.39, 0.29) is 13.2 Å². The first-order chi connectivity index (χ1) is 8.19. The molecule has 0 spiro atoms. The Morgan fingerprint density at radius 2 is 2.12 bits per heavy atom. The van der Waals surface area contributed by atoms with Gasteiger partial charge in [-0.25, -0.2) is 8.78 Å². The van der Waals surface area contributed by atoms with Crippen LogP contribution in [0.3, 0.4) is 0 Å². The lowest BCUT2D eigenvalue weighted by molar-refractivity contribution is 0.299. The zero-order chi connectivity index (χ0) is 12.3. The van der Waals surface area contributed by atoms with Crippen molar-refractivity contribution in [3.05, 3.63) is 53.4 Å². The highest BCUT2D eigenvalue weighted by Crippen LogP contribution is 2.11. The van der Waals surface area contributed by atoms with Gasteiger partial charge in [0.15, 0.2) is 0 Å². The molecule has 0 unspecified atom stereocenters. The summed E-state index contributed by atoms with van der Waals surface area (Å²) < 4.78 is 27.6. The van der Waals surface area contributed by atoms with Crippen LogP contribution in [-0.2, 0) is 13.0 Å². The van der Waals surface area contributed by atoms with Crippen molar-refractivity contribution in [1.82, 2.24) is 9.78 Å². The molecule has 0 aliphatic carbocycles. The molecule has 0 saturated heterocycles. The SMILES string of the molecule is OCCc1cnn(Cc2ccc(F)cc2F)c1. The lowest BCUT2D eigenvalue weighted by Crippen LogP contribution is -2.02. The van der Waals surface area contributed by atoms with Gasteiger partial charge >= 0.3 is 0 Å². The first kappa shape index (κ1) is 11.7. The minimum Gasteiger partial charge on any atom is -0.396 e. The van der Waals surface area contributed by atoms with Crippen molar-refractivity contribution in [3.63, 3.8) is 0 Å². The van der Waals surface area contributed by atoms with E-state index in [9.17, 15) is 8.78 Å². The third kappa shape index (κ3) is 2.88. The maximum Gasteiger partial charge on any atom is 0.131 e. The number of aromatic nitrogens is 2. The molecule has 17 heavy (non-hydrogen) atoms. The number of nitrogens with zero attached hydrogens (tertiary/aromatic N) is 2. The van der Waals surface area contributed by atoms with Crippen molar-refractivity contribution < 1.29 is 13.9 Å². The number of benzene rings is 1.